The van der Waals surface area contributed by atoms with Crippen molar-refractivity contribution in [2.75, 3.05) is 0 Å². The highest BCUT2D eigenvalue weighted by molar-refractivity contribution is 5.80. The van der Waals surface area contributed by atoms with Gasteiger partial charge in [-0.2, -0.15) is 5.10 Å². The van der Waals surface area contributed by atoms with E-state index < -0.39 is 34.6 Å². The molecule has 1 aromatic carbocycles. The summed E-state index contributed by atoms with van der Waals surface area (Å²) in [6, 6.07) is 0. The number of hydrogen-bond acceptors (Lipinski definition) is 3. The Bertz CT molecular complexity index is 659. The fraction of sp³-hybridized carbons (Fsp3) is 0.182. The lowest BCUT2D eigenvalue weighted by atomic mass is 10.2. The van der Waals surface area contributed by atoms with Crippen LogP contribution in [0.1, 0.15) is 17.2 Å². The number of hydrogen-bond donors (Lipinski definition) is 0. The van der Waals surface area contributed by atoms with Gasteiger partial charge in [0.2, 0.25) is 5.82 Å². The molecule has 0 saturated heterocycles. The van der Waals surface area contributed by atoms with E-state index in [9.17, 15) is 22.0 Å². The maximum Gasteiger partial charge on any atom is 0.200 e. The van der Waals surface area contributed by atoms with Gasteiger partial charge in [0.1, 0.15) is 0 Å². The highest BCUT2D eigenvalue weighted by Crippen LogP contribution is 2.21. The largest absolute Gasteiger partial charge is 0.203 e. The normalized spacial score (nSPS) is 11.6. The van der Waals surface area contributed by atoms with Crippen molar-refractivity contribution < 1.29 is 22.0 Å². The van der Waals surface area contributed by atoms with Gasteiger partial charge < -0.3 is 0 Å². The average Bonchev–Trinajstić information content (AvgIpc) is 2.74. The molecule has 106 valence electrons. The zero-order valence-electron chi connectivity index (χ0n) is 10.3. The number of aromatic nitrogens is 3. The topological polar surface area (TPSA) is 43.1 Å². The third-order valence-electron chi connectivity index (χ3n) is 2.50. The lowest BCUT2D eigenvalue weighted by Crippen LogP contribution is -2.07. The van der Waals surface area contributed by atoms with E-state index in [0.29, 0.717) is 17.9 Å². The van der Waals surface area contributed by atoms with Crippen molar-refractivity contribution in [1.82, 2.24) is 14.9 Å². The van der Waals surface area contributed by atoms with Crippen LogP contribution in [0.15, 0.2) is 5.10 Å². The fourth-order valence-electron chi connectivity index (χ4n) is 1.48. The molecular formula is C11H7F5N4. The number of halogens is 5. The van der Waals surface area contributed by atoms with Crippen LogP contribution in [0.4, 0.5) is 22.0 Å². The summed E-state index contributed by atoms with van der Waals surface area (Å²) >= 11 is 0. The molecule has 0 atom stereocenters. The van der Waals surface area contributed by atoms with Gasteiger partial charge in [0.15, 0.2) is 34.9 Å². The van der Waals surface area contributed by atoms with Crippen LogP contribution < -0.4 is 0 Å². The zero-order chi connectivity index (χ0) is 15.0. The van der Waals surface area contributed by atoms with E-state index in [-0.39, 0.29) is 0 Å². The number of aryl methyl sites for hydroxylation is 2. The SMILES string of the molecule is Cc1nnc(C)n1/N=C\c1c(F)c(F)c(F)c(F)c1F. The number of rotatable bonds is 2. The van der Waals surface area contributed by atoms with Crippen LogP contribution in [0.5, 0.6) is 0 Å². The second-order valence-corrected chi connectivity index (χ2v) is 3.83. The van der Waals surface area contributed by atoms with Gasteiger partial charge in [-0.1, -0.05) is 0 Å². The summed E-state index contributed by atoms with van der Waals surface area (Å²) in [6.45, 7) is 3.02. The van der Waals surface area contributed by atoms with Crippen LogP contribution in [0, 0.1) is 42.9 Å². The first kappa shape index (κ1) is 14.1. The molecule has 2 rings (SSSR count). The maximum atomic E-state index is 13.4. The molecule has 0 aliphatic heterocycles. The van der Waals surface area contributed by atoms with Crippen LogP contribution >= 0.6 is 0 Å². The Kier molecular flexibility index (Phi) is 3.51. The summed E-state index contributed by atoms with van der Waals surface area (Å²) in [5.74, 6) is -9.58. The molecule has 0 fully saturated rings. The van der Waals surface area contributed by atoms with Crippen molar-refractivity contribution in [2.45, 2.75) is 13.8 Å². The minimum atomic E-state index is -2.21. The predicted octanol–water partition coefficient (Wildman–Crippen LogP) is 2.47. The molecule has 0 radical (unpaired) electrons. The van der Waals surface area contributed by atoms with Gasteiger partial charge in [0.25, 0.3) is 0 Å². The van der Waals surface area contributed by atoms with E-state index in [1.807, 2.05) is 0 Å². The average molecular weight is 290 g/mol. The summed E-state index contributed by atoms with van der Waals surface area (Å²) in [6.07, 6.45) is 0.527. The molecule has 0 aliphatic carbocycles. The highest BCUT2D eigenvalue weighted by atomic mass is 19.2. The van der Waals surface area contributed by atoms with Gasteiger partial charge in [0, 0.05) is 0 Å². The minimum absolute atomic E-state index is 0.294. The van der Waals surface area contributed by atoms with Gasteiger partial charge in [-0.25, -0.2) is 26.6 Å². The van der Waals surface area contributed by atoms with E-state index in [2.05, 4.69) is 15.3 Å². The van der Waals surface area contributed by atoms with Crippen molar-refractivity contribution in [3.8, 4) is 0 Å². The third-order valence-corrected chi connectivity index (χ3v) is 2.50. The summed E-state index contributed by atoms with van der Waals surface area (Å²) < 4.78 is 66.6. The Morgan fingerprint density at radius 2 is 1.20 bits per heavy atom. The van der Waals surface area contributed by atoms with Crippen LogP contribution in [-0.4, -0.2) is 21.1 Å². The van der Waals surface area contributed by atoms with Crippen molar-refractivity contribution in [3.63, 3.8) is 0 Å². The van der Waals surface area contributed by atoms with Gasteiger partial charge >= 0.3 is 0 Å². The Labute approximate surface area is 109 Å². The van der Waals surface area contributed by atoms with Crippen molar-refractivity contribution in [1.29, 1.82) is 0 Å². The number of nitrogens with zero attached hydrogens (tertiary/aromatic N) is 4. The second-order valence-electron chi connectivity index (χ2n) is 3.83. The van der Waals surface area contributed by atoms with Gasteiger partial charge in [-0.05, 0) is 13.8 Å². The molecule has 0 bridgehead atoms. The molecule has 0 N–H and O–H groups in total. The monoisotopic (exact) mass is 290 g/mol. The quantitative estimate of drug-likeness (QED) is 0.369. The van der Waals surface area contributed by atoms with Crippen molar-refractivity contribution >= 4 is 6.21 Å². The highest BCUT2D eigenvalue weighted by Gasteiger charge is 2.24. The van der Waals surface area contributed by atoms with Gasteiger partial charge in [0.05, 0.1) is 11.8 Å². The molecule has 1 aromatic heterocycles. The first-order valence-electron chi connectivity index (χ1n) is 5.29. The molecule has 2 aromatic rings. The Morgan fingerprint density at radius 3 is 1.65 bits per heavy atom. The minimum Gasteiger partial charge on any atom is -0.203 e. The van der Waals surface area contributed by atoms with E-state index >= 15 is 0 Å². The van der Waals surface area contributed by atoms with Crippen LogP contribution in [-0.2, 0) is 0 Å². The van der Waals surface area contributed by atoms with E-state index in [4.69, 9.17) is 0 Å². The first-order chi connectivity index (χ1) is 9.34. The lowest BCUT2D eigenvalue weighted by Gasteiger charge is -2.04. The molecule has 0 aliphatic rings. The molecule has 20 heavy (non-hydrogen) atoms. The standard InChI is InChI=1S/C11H7F5N4/c1-4-18-19-5(2)20(4)17-3-6-7(12)9(14)11(16)10(15)8(6)13/h3H,1-2H3/b17-3-. The molecule has 1 heterocycles. The van der Waals surface area contributed by atoms with Gasteiger partial charge in [-0.15, -0.1) is 10.2 Å². The molecule has 0 amide bonds. The molecule has 0 unspecified atom stereocenters. The fourth-order valence-corrected chi connectivity index (χ4v) is 1.48. The first-order valence-corrected chi connectivity index (χ1v) is 5.29. The lowest BCUT2D eigenvalue weighted by molar-refractivity contribution is 0.377. The molecule has 0 saturated carbocycles. The molecule has 0 spiro atoms. The summed E-state index contributed by atoms with van der Waals surface area (Å²) in [7, 11) is 0. The Morgan fingerprint density at radius 1 is 0.800 bits per heavy atom. The second kappa shape index (κ2) is 4.99. The Balaban J connectivity index is 2.55. The summed E-state index contributed by atoms with van der Waals surface area (Å²) in [5, 5.41) is 10.9. The molecule has 9 heteroatoms. The van der Waals surface area contributed by atoms with Crippen LogP contribution in [0.3, 0.4) is 0 Å². The zero-order valence-corrected chi connectivity index (χ0v) is 10.3. The predicted molar refractivity (Wildman–Crippen MR) is 58.7 cm³/mol. The van der Waals surface area contributed by atoms with Crippen LogP contribution in [0.2, 0.25) is 0 Å². The van der Waals surface area contributed by atoms with E-state index in [0.717, 1.165) is 4.68 Å². The Hall–Kier alpha value is -2.32. The van der Waals surface area contributed by atoms with Gasteiger partial charge in [-0.3, -0.25) is 0 Å². The molecule has 4 nitrogen and oxygen atoms in total. The number of benzene rings is 1. The smallest absolute Gasteiger partial charge is 0.200 e. The third kappa shape index (κ3) is 2.15. The van der Waals surface area contributed by atoms with Crippen molar-refractivity contribution in [2.24, 2.45) is 5.10 Å². The van der Waals surface area contributed by atoms with Crippen molar-refractivity contribution in [3.05, 3.63) is 46.3 Å². The van der Waals surface area contributed by atoms with Crippen LogP contribution in [0.25, 0.3) is 0 Å². The summed E-state index contributed by atoms with van der Waals surface area (Å²) in [5.41, 5.74) is -1.13. The van der Waals surface area contributed by atoms with E-state index in [1.165, 1.54) is 13.8 Å². The summed E-state index contributed by atoms with van der Waals surface area (Å²) in [4.78, 5) is 0. The maximum absolute atomic E-state index is 13.4. The van der Waals surface area contributed by atoms with E-state index in [1.54, 1.807) is 0 Å². The molecular weight excluding hydrogens is 283 g/mol.